The van der Waals surface area contributed by atoms with Crippen molar-refractivity contribution in [1.29, 1.82) is 0 Å². The van der Waals surface area contributed by atoms with Gasteiger partial charge in [0.25, 0.3) is 5.91 Å². The molecule has 21 heavy (non-hydrogen) atoms. The van der Waals surface area contributed by atoms with Crippen LogP contribution in [0.1, 0.15) is 16.2 Å². The number of carbonyl (C=O) groups is 2. The highest BCUT2D eigenvalue weighted by molar-refractivity contribution is 6.25. The summed E-state index contributed by atoms with van der Waals surface area (Å²) in [5.74, 6) is -2.36. The van der Waals surface area contributed by atoms with Crippen LogP contribution < -0.4 is 10.6 Å². The average molecular weight is 310 g/mol. The monoisotopic (exact) mass is 309 g/mol. The summed E-state index contributed by atoms with van der Waals surface area (Å²) in [4.78, 5) is 25.1. The van der Waals surface area contributed by atoms with Crippen LogP contribution in [0.15, 0.2) is 36.6 Å². The third kappa shape index (κ3) is 3.32. The van der Waals surface area contributed by atoms with Crippen molar-refractivity contribution in [2.24, 2.45) is 0 Å². The number of amides is 1. The Bertz CT molecular complexity index is 644. The molecule has 0 bridgehead atoms. The van der Waals surface area contributed by atoms with Crippen LogP contribution in [-0.4, -0.2) is 33.6 Å². The van der Waals surface area contributed by atoms with E-state index in [1.165, 1.54) is 12.1 Å². The maximum atomic E-state index is 11.8. The van der Waals surface area contributed by atoms with Gasteiger partial charge >= 0.3 is 5.97 Å². The molecule has 0 spiro atoms. The van der Waals surface area contributed by atoms with Crippen LogP contribution in [0.2, 0.25) is 0 Å². The van der Waals surface area contributed by atoms with Gasteiger partial charge in [-0.2, -0.15) is 0 Å². The number of nitrogens with zero attached hydrogens (tertiary/aromatic N) is 1. The van der Waals surface area contributed by atoms with Gasteiger partial charge < -0.3 is 20.8 Å². The summed E-state index contributed by atoms with van der Waals surface area (Å²) in [6.45, 7) is -0.572. The third-order valence-corrected chi connectivity index (χ3v) is 3.12. The number of aromatic hydroxyl groups is 1. The highest BCUT2D eigenvalue weighted by Crippen LogP contribution is 2.30. The molecule has 1 aliphatic heterocycles. The summed E-state index contributed by atoms with van der Waals surface area (Å²) < 4.78 is 0. The number of dihydropyridines is 1. The van der Waals surface area contributed by atoms with Gasteiger partial charge in [-0.25, -0.2) is 4.98 Å². The van der Waals surface area contributed by atoms with Crippen molar-refractivity contribution in [1.82, 2.24) is 15.6 Å². The molecule has 1 aliphatic rings. The second-order valence-electron chi connectivity index (χ2n) is 4.21. The zero-order valence-electron chi connectivity index (χ0n) is 10.7. The Balaban J connectivity index is 2.29. The first-order chi connectivity index (χ1) is 9.92. The number of carbonyl (C=O) groups excluding carboxylic acids is 1. The van der Waals surface area contributed by atoms with E-state index in [0.29, 0.717) is 5.69 Å². The number of pyridine rings is 1. The number of allylic oxidation sites excluding steroid dienone is 2. The third-order valence-electron chi connectivity index (χ3n) is 2.69. The molecule has 1 unspecified atom stereocenters. The Labute approximate surface area is 125 Å². The lowest BCUT2D eigenvalue weighted by molar-refractivity contribution is -0.135. The fourth-order valence-electron chi connectivity index (χ4n) is 1.68. The van der Waals surface area contributed by atoms with Gasteiger partial charge in [0.15, 0.2) is 10.7 Å². The van der Waals surface area contributed by atoms with Gasteiger partial charge in [0, 0.05) is 0 Å². The number of hydrogen-bond donors (Lipinski definition) is 4. The molecule has 4 N–H and O–H groups in total. The Kier molecular flexibility index (Phi) is 4.13. The van der Waals surface area contributed by atoms with Crippen LogP contribution in [0.4, 0.5) is 0 Å². The quantitative estimate of drug-likeness (QED) is 0.480. The summed E-state index contributed by atoms with van der Waals surface area (Å²) in [5, 5.41) is 23.2. The predicted octanol–water partition coefficient (Wildman–Crippen LogP) is 0.666. The zero-order chi connectivity index (χ0) is 15.5. The number of carboxylic acid groups (broad SMARTS) is 1. The van der Waals surface area contributed by atoms with Crippen LogP contribution in [0.5, 0.6) is 5.75 Å². The van der Waals surface area contributed by atoms with E-state index in [1.54, 1.807) is 24.4 Å². The van der Waals surface area contributed by atoms with Gasteiger partial charge in [-0.15, -0.1) is 0 Å². The number of rotatable bonds is 4. The van der Waals surface area contributed by atoms with Gasteiger partial charge in [0.05, 0.1) is 5.69 Å². The number of halogens is 1. The lowest BCUT2D eigenvalue weighted by atomic mass is 10.1. The van der Waals surface area contributed by atoms with E-state index in [-0.39, 0.29) is 11.4 Å². The normalized spacial score (nSPS) is 19.9. The Morgan fingerprint density at radius 3 is 2.76 bits per heavy atom. The van der Waals surface area contributed by atoms with Crippen LogP contribution in [0.3, 0.4) is 0 Å². The molecule has 0 radical (unpaired) electrons. The smallest absolute Gasteiger partial charge is 0.322 e. The summed E-state index contributed by atoms with van der Waals surface area (Å²) in [6, 6.07) is 2.74. The van der Waals surface area contributed by atoms with E-state index in [9.17, 15) is 14.7 Å². The molecule has 0 aromatic carbocycles. The van der Waals surface area contributed by atoms with E-state index in [1.807, 2.05) is 0 Å². The standard InChI is InChI=1S/C13H12ClN3O4/c14-13(5-1-2-6-16-13)9-4-3-8(18)11(17-9)12(21)15-7-10(19)20/h1-6,16,18H,7H2,(H,15,21)(H,19,20). The second kappa shape index (κ2) is 5.84. The van der Waals surface area contributed by atoms with Crippen molar-refractivity contribution < 1.29 is 19.8 Å². The molecule has 0 fully saturated rings. The van der Waals surface area contributed by atoms with Gasteiger partial charge in [0.2, 0.25) is 0 Å². The number of aliphatic carboxylic acids is 1. The number of nitrogens with one attached hydrogen (secondary N) is 2. The predicted molar refractivity (Wildman–Crippen MR) is 74.8 cm³/mol. The first-order valence-corrected chi connectivity index (χ1v) is 6.31. The Hall–Kier alpha value is -2.54. The van der Waals surface area contributed by atoms with Crippen LogP contribution in [-0.2, 0) is 9.79 Å². The Morgan fingerprint density at radius 2 is 2.14 bits per heavy atom. The Morgan fingerprint density at radius 1 is 1.38 bits per heavy atom. The van der Waals surface area contributed by atoms with Gasteiger partial charge in [-0.1, -0.05) is 17.7 Å². The van der Waals surface area contributed by atoms with E-state index in [0.717, 1.165) is 0 Å². The molecule has 8 heteroatoms. The fraction of sp³-hybridized carbons (Fsp3) is 0.154. The van der Waals surface area contributed by atoms with Crippen LogP contribution >= 0.6 is 11.6 Å². The van der Waals surface area contributed by atoms with Gasteiger partial charge in [0.1, 0.15) is 12.3 Å². The summed E-state index contributed by atoms with van der Waals surface area (Å²) in [7, 11) is 0. The van der Waals surface area contributed by atoms with Crippen molar-refractivity contribution in [2.45, 2.75) is 5.00 Å². The minimum atomic E-state index is -1.20. The number of aromatic nitrogens is 1. The molecular weight excluding hydrogens is 298 g/mol. The zero-order valence-corrected chi connectivity index (χ0v) is 11.5. The lowest BCUT2D eigenvalue weighted by Crippen LogP contribution is -2.35. The fourth-order valence-corrected chi connectivity index (χ4v) is 1.92. The average Bonchev–Trinajstić information content (AvgIpc) is 2.45. The largest absolute Gasteiger partial charge is 0.505 e. The molecule has 1 aromatic rings. The highest BCUT2D eigenvalue weighted by Gasteiger charge is 2.29. The molecule has 1 amide bonds. The van der Waals surface area contributed by atoms with Crippen LogP contribution in [0, 0.1) is 0 Å². The minimum Gasteiger partial charge on any atom is -0.505 e. The van der Waals surface area contributed by atoms with Crippen molar-refractivity contribution in [3.8, 4) is 5.75 Å². The minimum absolute atomic E-state index is 0.293. The van der Waals surface area contributed by atoms with Crippen molar-refractivity contribution in [3.63, 3.8) is 0 Å². The first-order valence-electron chi connectivity index (χ1n) is 5.94. The van der Waals surface area contributed by atoms with Crippen molar-refractivity contribution >= 4 is 23.5 Å². The molecule has 0 aliphatic carbocycles. The molecule has 2 rings (SSSR count). The second-order valence-corrected chi connectivity index (χ2v) is 4.81. The molecular formula is C13H12ClN3O4. The summed E-state index contributed by atoms with van der Waals surface area (Å²) in [6.07, 6.45) is 6.70. The number of carboxylic acids is 1. The number of hydrogen-bond acceptors (Lipinski definition) is 5. The van der Waals surface area contributed by atoms with Gasteiger partial charge in [-0.05, 0) is 30.5 Å². The highest BCUT2D eigenvalue weighted by atomic mass is 35.5. The first kappa shape index (κ1) is 14.9. The topological polar surface area (TPSA) is 112 Å². The van der Waals surface area contributed by atoms with E-state index >= 15 is 0 Å². The molecule has 2 heterocycles. The molecule has 1 aromatic heterocycles. The van der Waals surface area contributed by atoms with Crippen LogP contribution in [0.25, 0.3) is 0 Å². The maximum absolute atomic E-state index is 11.8. The summed E-state index contributed by atoms with van der Waals surface area (Å²) in [5.41, 5.74) is 0.00145. The molecule has 0 saturated heterocycles. The molecule has 0 saturated carbocycles. The number of alkyl halides is 1. The molecule has 110 valence electrons. The van der Waals surface area contributed by atoms with Crippen molar-refractivity contribution in [2.75, 3.05) is 6.54 Å². The lowest BCUT2D eigenvalue weighted by Gasteiger charge is -2.25. The SMILES string of the molecule is O=C(O)CNC(=O)c1nc(C2(Cl)C=CC=CN2)ccc1O. The maximum Gasteiger partial charge on any atom is 0.322 e. The van der Waals surface area contributed by atoms with E-state index in [4.69, 9.17) is 16.7 Å². The molecule has 1 atom stereocenters. The summed E-state index contributed by atoms with van der Waals surface area (Å²) >= 11 is 6.34. The van der Waals surface area contributed by atoms with Crippen molar-refractivity contribution in [3.05, 3.63) is 47.9 Å². The van der Waals surface area contributed by atoms with Gasteiger partial charge in [-0.3, -0.25) is 9.59 Å². The molecule has 7 nitrogen and oxygen atoms in total. The van der Waals surface area contributed by atoms with E-state index < -0.39 is 23.4 Å². The van der Waals surface area contributed by atoms with E-state index in [2.05, 4.69) is 15.6 Å².